The standard InChI is InChI=1S/C25H24N4O2S/c1-3-16-29-24(20-13-7-8-15-22(20)31-4-2)27-28-25(29)32-17-23(30)26-21-14-9-11-18-10-5-6-12-19(18)21/h3,5-15H,1,4,16-17H2,2H3,(H,26,30). The predicted molar refractivity (Wildman–Crippen MR) is 130 cm³/mol. The lowest BCUT2D eigenvalue weighted by atomic mass is 10.1. The Hall–Kier alpha value is -3.58. The largest absolute Gasteiger partial charge is 0.493 e. The molecular weight excluding hydrogens is 420 g/mol. The van der Waals surface area contributed by atoms with Crippen LogP contribution in [-0.4, -0.2) is 33.0 Å². The fourth-order valence-electron chi connectivity index (χ4n) is 3.47. The minimum atomic E-state index is -0.101. The summed E-state index contributed by atoms with van der Waals surface area (Å²) in [7, 11) is 0. The Morgan fingerprint density at radius 2 is 1.88 bits per heavy atom. The molecule has 1 heterocycles. The first-order valence-electron chi connectivity index (χ1n) is 10.4. The van der Waals surface area contributed by atoms with Crippen molar-refractivity contribution in [1.29, 1.82) is 0 Å². The van der Waals surface area contributed by atoms with E-state index in [0.717, 1.165) is 27.8 Å². The third-order valence-corrected chi connectivity index (χ3v) is 5.82. The minimum Gasteiger partial charge on any atom is -0.493 e. The summed E-state index contributed by atoms with van der Waals surface area (Å²) in [5.41, 5.74) is 1.66. The Morgan fingerprint density at radius 1 is 1.09 bits per heavy atom. The van der Waals surface area contributed by atoms with Crippen LogP contribution in [0.15, 0.2) is 84.5 Å². The average Bonchev–Trinajstić information content (AvgIpc) is 3.21. The summed E-state index contributed by atoms with van der Waals surface area (Å²) >= 11 is 1.34. The molecule has 0 fully saturated rings. The van der Waals surface area contributed by atoms with Gasteiger partial charge < -0.3 is 10.1 Å². The van der Waals surface area contributed by atoms with Crippen molar-refractivity contribution in [2.45, 2.75) is 18.6 Å². The Morgan fingerprint density at radius 3 is 2.72 bits per heavy atom. The molecule has 32 heavy (non-hydrogen) atoms. The molecule has 4 aromatic rings. The van der Waals surface area contributed by atoms with Gasteiger partial charge in [-0.15, -0.1) is 16.8 Å². The van der Waals surface area contributed by atoms with Crippen molar-refractivity contribution >= 4 is 34.1 Å². The molecule has 6 nitrogen and oxygen atoms in total. The van der Waals surface area contributed by atoms with E-state index in [1.165, 1.54) is 11.8 Å². The molecule has 0 aliphatic heterocycles. The normalized spacial score (nSPS) is 10.8. The molecule has 1 aromatic heterocycles. The van der Waals surface area contributed by atoms with Crippen LogP contribution in [0.5, 0.6) is 5.75 Å². The first kappa shape index (κ1) is 21.6. The quantitative estimate of drug-likeness (QED) is 0.276. The Balaban J connectivity index is 1.52. The van der Waals surface area contributed by atoms with Gasteiger partial charge in [0.05, 0.1) is 17.9 Å². The molecule has 0 atom stereocenters. The number of hydrogen-bond donors (Lipinski definition) is 1. The molecule has 0 saturated carbocycles. The molecule has 0 spiro atoms. The second-order valence-electron chi connectivity index (χ2n) is 7.00. The van der Waals surface area contributed by atoms with E-state index in [4.69, 9.17) is 4.74 Å². The highest BCUT2D eigenvalue weighted by Crippen LogP contribution is 2.31. The third kappa shape index (κ3) is 4.68. The van der Waals surface area contributed by atoms with Gasteiger partial charge in [-0.2, -0.15) is 0 Å². The number of thioether (sulfide) groups is 1. The van der Waals surface area contributed by atoms with E-state index < -0.39 is 0 Å². The van der Waals surface area contributed by atoms with Crippen molar-refractivity contribution in [3.8, 4) is 17.1 Å². The highest BCUT2D eigenvalue weighted by molar-refractivity contribution is 7.99. The molecular formula is C25H24N4O2S. The lowest BCUT2D eigenvalue weighted by molar-refractivity contribution is -0.113. The molecule has 162 valence electrons. The molecule has 0 aliphatic rings. The Labute approximate surface area is 191 Å². The first-order chi connectivity index (χ1) is 15.7. The van der Waals surface area contributed by atoms with Crippen LogP contribution in [0.2, 0.25) is 0 Å². The van der Waals surface area contributed by atoms with Crippen molar-refractivity contribution < 1.29 is 9.53 Å². The van der Waals surface area contributed by atoms with Gasteiger partial charge in [0.25, 0.3) is 0 Å². The lowest BCUT2D eigenvalue weighted by Crippen LogP contribution is -2.15. The zero-order chi connectivity index (χ0) is 22.3. The molecule has 0 radical (unpaired) electrons. The van der Waals surface area contributed by atoms with E-state index in [0.29, 0.717) is 24.1 Å². The fourth-order valence-corrected chi connectivity index (χ4v) is 4.22. The van der Waals surface area contributed by atoms with Crippen molar-refractivity contribution in [2.75, 3.05) is 17.7 Å². The summed E-state index contributed by atoms with van der Waals surface area (Å²) < 4.78 is 7.70. The zero-order valence-electron chi connectivity index (χ0n) is 17.8. The average molecular weight is 445 g/mol. The van der Waals surface area contributed by atoms with Gasteiger partial charge in [0.2, 0.25) is 5.91 Å². The number of fused-ring (bicyclic) bond motifs is 1. The fraction of sp³-hybridized carbons (Fsp3) is 0.160. The molecule has 7 heteroatoms. The molecule has 1 N–H and O–H groups in total. The van der Waals surface area contributed by atoms with Crippen LogP contribution in [0, 0.1) is 0 Å². The molecule has 0 aliphatic carbocycles. The number of para-hydroxylation sites is 1. The third-order valence-electron chi connectivity index (χ3n) is 4.85. The first-order valence-corrected chi connectivity index (χ1v) is 11.4. The Bertz CT molecular complexity index is 1250. The van der Waals surface area contributed by atoms with Gasteiger partial charge in [-0.1, -0.05) is 66.4 Å². The van der Waals surface area contributed by atoms with Gasteiger partial charge in [-0.25, -0.2) is 0 Å². The second-order valence-corrected chi connectivity index (χ2v) is 7.94. The van der Waals surface area contributed by atoms with Crippen LogP contribution in [0.25, 0.3) is 22.2 Å². The number of aromatic nitrogens is 3. The number of nitrogens with one attached hydrogen (secondary N) is 1. The van der Waals surface area contributed by atoms with Crippen molar-refractivity contribution in [3.63, 3.8) is 0 Å². The summed E-state index contributed by atoms with van der Waals surface area (Å²) in [5.74, 6) is 1.55. The van der Waals surface area contributed by atoms with E-state index in [9.17, 15) is 4.79 Å². The number of carbonyl (C=O) groups excluding carboxylic acids is 1. The summed E-state index contributed by atoms with van der Waals surface area (Å²) in [4.78, 5) is 12.7. The number of anilines is 1. The van der Waals surface area contributed by atoms with Crippen LogP contribution in [0.1, 0.15) is 6.92 Å². The molecule has 0 bridgehead atoms. The lowest BCUT2D eigenvalue weighted by Gasteiger charge is -2.12. The molecule has 3 aromatic carbocycles. The van der Waals surface area contributed by atoms with E-state index in [1.807, 2.05) is 78.2 Å². The molecule has 0 unspecified atom stereocenters. The zero-order valence-corrected chi connectivity index (χ0v) is 18.6. The van der Waals surface area contributed by atoms with Gasteiger partial charge in [-0.3, -0.25) is 9.36 Å². The van der Waals surface area contributed by atoms with Gasteiger partial charge in [0, 0.05) is 17.6 Å². The van der Waals surface area contributed by atoms with Crippen LogP contribution in [-0.2, 0) is 11.3 Å². The number of hydrogen-bond acceptors (Lipinski definition) is 5. The number of allylic oxidation sites excluding steroid dienone is 1. The van der Waals surface area contributed by atoms with Crippen LogP contribution < -0.4 is 10.1 Å². The van der Waals surface area contributed by atoms with E-state index in [1.54, 1.807) is 6.08 Å². The molecule has 0 saturated heterocycles. The van der Waals surface area contributed by atoms with Crippen LogP contribution in [0.3, 0.4) is 0 Å². The summed E-state index contributed by atoms with van der Waals surface area (Å²) in [6.07, 6.45) is 1.79. The maximum absolute atomic E-state index is 12.7. The summed E-state index contributed by atoms with van der Waals surface area (Å²) in [6, 6.07) is 21.6. The highest BCUT2D eigenvalue weighted by Gasteiger charge is 2.18. The number of rotatable bonds is 9. The van der Waals surface area contributed by atoms with Crippen LogP contribution in [0.4, 0.5) is 5.69 Å². The smallest absolute Gasteiger partial charge is 0.234 e. The molecule has 4 rings (SSSR count). The number of carbonyl (C=O) groups is 1. The SMILES string of the molecule is C=CCn1c(SCC(=O)Nc2cccc3ccccc23)nnc1-c1ccccc1OCC. The van der Waals surface area contributed by atoms with Gasteiger partial charge in [-0.05, 0) is 30.5 Å². The Kier molecular flexibility index (Phi) is 6.87. The second kappa shape index (κ2) is 10.2. The predicted octanol–water partition coefficient (Wildman–Crippen LogP) is 5.41. The summed E-state index contributed by atoms with van der Waals surface area (Å²) in [5, 5.41) is 14.5. The maximum Gasteiger partial charge on any atom is 0.234 e. The number of ether oxygens (including phenoxy) is 1. The minimum absolute atomic E-state index is 0.101. The number of nitrogens with zero attached hydrogens (tertiary/aromatic N) is 3. The van der Waals surface area contributed by atoms with Crippen molar-refractivity contribution in [2.24, 2.45) is 0 Å². The number of amides is 1. The van der Waals surface area contributed by atoms with Crippen molar-refractivity contribution in [3.05, 3.63) is 79.4 Å². The molecule has 1 amide bonds. The van der Waals surface area contributed by atoms with E-state index in [-0.39, 0.29) is 11.7 Å². The van der Waals surface area contributed by atoms with E-state index in [2.05, 4.69) is 22.1 Å². The van der Waals surface area contributed by atoms with Gasteiger partial charge >= 0.3 is 0 Å². The topological polar surface area (TPSA) is 69.0 Å². The number of benzene rings is 3. The highest BCUT2D eigenvalue weighted by atomic mass is 32.2. The van der Waals surface area contributed by atoms with Crippen molar-refractivity contribution in [1.82, 2.24) is 14.8 Å². The maximum atomic E-state index is 12.7. The van der Waals surface area contributed by atoms with E-state index >= 15 is 0 Å². The monoisotopic (exact) mass is 444 g/mol. The van der Waals surface area contributed by atoms with Crippen LogP contribution >= 0.6 is 11.8 Å². The summed E-state index contributed by atoms with van der Waals surface area (Å²) in [6.45, 7) is 6.88. The van der Waals surface area contributed by atoms with Gasteiger partial charge in [0.1, 0.15) is 5.75 Å². The van der Waals surface area contributed by atoms with Gasteiger partial charge in [0.15, 0.2) is 11.0 Å².